The van der Waals surface area contributed by atoms with E-state index in [1.165, 1.54) is 6.07 Å². The third-order valence-corrected chi connectivity index (χ3v) is 3.82. The number of anilines is 1. The predicted octanol–water partition coefficient (Wildman–Crippen LogP) is 4.20. The molecule has 0 N–H and O–H groups in total. The highest BCUT2D eigenvalue weighted by Gasteiger charge is 2.33. The molecule has 1 aromatic rings. The molecule has 1 unspecified atom stereocenters. The highest BCUT2D eigenvalue weighted by Crippen LogP contribution is 2.36. The summed E-state index contributed by atoms with van der Waals surface area (Å²) in [6.45, 7) is 4.99. The lowest BCUT2D eigenvalue weighted by atomic mass is 10.0. The van der Waals surface area contributed by atoms with Crippen LogP contribution in [0, 0.1) is 17.2 Å². The fourth-order valence-corrected chi connectivity index (χ4v) is 2.84. The van der Waals surface area contributed by atoms with Gasteiger partial charge >= 0.3 is 6.18 Å². The summed E-state index contributed by atoms with van der Waals surface area (Å²) < 4.78 is 38.1. The zero-order chi connectivity index (χ0) is 14.9. The predicted molar refractivity (Wildman–Crippen MR) is 71.4 cm³/mol. The van der Waals surface area contributed by atoms with Crippen molar-refractivity contribution in [3.05, 3.63) is 29.3 Å². The maximum Gasteiger partial charge on any atom is 0.416 e. The first kappa shape index (κ1) is 14.7. The van der Waals surface area contributed by atoms with E-state index in [4.69, 9.17) is 5.26 Å². The van der Waals surface area contributed by atoms with Gasteiger partial charge in [0.15, 0.2) is 0 Å². The standard InChI is InChI=1S/C15H17F3N2/c1-10(2)13-4-3-7-20(13)14-6-5-12(15(16,17)18)8-11(14)9-19/h5-6,8,10,13H,3-4,7H2,1-2H3. The number of benzene rings is 1. The number of halogens is 3. The van der Waals surface area contributed by atoms with E-state index in [-0.39, 0.29) is 5.56 Å². The normalized spacial score (nSPS) is 19.4. The van der Waals surface area contributed by atoms with Crippen molar-refractivity contribution in [1.29, 1.82) is 5.26 Å². The number of alkyl halides is 3. The molecule has 1 aliphatic heterocycles. The van der Waals surface area contributed by atoms with Gasteiger partial charge in [-0.1, -0.05) is 13.8 Å². The van der Waals surface area contributed by atoms with Gasteiger partial charge in [-0.05, 0) is 37.0 Å². The highest BCUT2D eigenvalue weighted by atomic mass is 19.4. The van der Waals surface area contributed by atoms with Gasteiger partial charge in [-0.15, -0.1) is 0 Å². The van der Waals surface area contributed by atoms with Crippen molar-refractivity contribution < 1.29 is 13.2 Å². The fourth-order valence-electron chi connectivity index (χ4n) is 2.84. The van der Waals surface area contributed by atoms with Gasteiger partial charge in [-0.2, -0.15) is 18.4 Å². The Morgan fingerprint density at radius 2 is 2.05 bits per heavy atom. The van der Waals surface area contributed by atoms with Gasteiger partial charge in [0, 0.05) is 12.6 Å². The first-order valence-electron chi connectivity index (χ1n) is 6.72. The quantitative estimate of drug-likeness (QED) is 0.812. The molecule has 0 amide bonds. The van der Waals surface area contributed by atoms with Crippen molar-refractivity contribution in [2.24, 2.45) is 5.92 Å². The first-order valence-corrected chi connectivity index (χ1v) is 6.72. The molecule has 1 aromatic carbocycles. The summed E-state index contributed by atoms with van der Waals surface area (Å²) in [5, 5.41) is 9.15. The van der Waals surface area contributed by atoms with Crippen molar-refractivity contribution in [3.63, 3.8) is 0 Å². The van der Waals surface area contributed by atoms with Gasteiger partial charge in [0.2, 0.25) is 0 Å². The SMILES string of the molecule is CC(C)C1CCCN1c1ccc(C(F)(F)F)cc1C#N. The molecule has 2 nitrogen and oxygen atoms in total. The van der Waals surface area contributed by atoms with Crippen LogP contribution in [-0.2, 0) is 6.18 Å². The summed E-state index contributed by atoms with van der Waals surface area (Å²) in [5.74, 6) is 0.409. The minimum atomic E-state index is -4.41. The zero-order valence-electron chi connectivity index (χ0n) is 11.5. The van der Waals surface area contributed by atoms with Crippen LogP contribution in [0.5, 0.6) is 0 Å². The van der Waals surface area contributed by atoms with E-state index in [0.29, 0.717) is 17.6 Å². The molecule has 5 heteroatoms. The lowest BCUT2D eigenvalue weighted by molar-refractivity contribution is -0.137. The summed E-state index contributed by atoms with van der Waals surface area (Å²) in [4.78, 5) is 2.07. The largest absolute Gasteiger partial charge is 0.416 e. The molecular weight excluding hydrogens is 265 g/mol. The molecule has 0 spiro atoms. The molecule has 0 saturated carbocycles. The molecule has 20 heavy (non-hydrogen) atoms. The van der Waals surface area contributed by atoms with Crippen LogP contribution < -0.4 is 4.90 Å². The maximum atomic E-state index is 12.7. The fraction of sp³-hybridized carbons (Fsp3) is 0.533. The van der Waals surface area contributed by atoms with Gasteiger partial charge in [-0.25, -0.2) is 0 Å². The Kier molecular flexibility index (Phi) is 3.94. The number of rotatable bonds is 2. The Labute approximate surface area is 116 Å². The van der Waals surface area contributed by atoms with Crippen LogP contribution in [0.25, 0.3) is 0 Å². The monoisotopic (exact) mass is 282 g/mol. The first-order chi connectivity index (χ1) is 9.34. The van der Waals surface area contributed by atoms with Gasteiger partial charge in [0.1, 0.15) is 6.07 Å². The minimum Gasteiger partial charge on any atom is -0.367 e. The van der Waals surface area contributed by atoms with Crippen LogP contribution in [0.2, 0.25) is 0 Å². The zero-order valence-corrected chi connectivity index (χ0v) is 11.5. The van der Waals surface area contributed by atoms with E-state index in [2.05, 4.69) is 18.7 Å². The molecule has 0 aromatic heterocycles. The molecule has 0 aliphatic carbocycles. The lowest BCUT2D eigenvalue weighted by Crippen LogP contribution is -2.33. The van der Waals surface area contributed by atoms with Gasteiger partial charge in [0.05, 0.1) is 16.8 Å². The summed E-state index contributed by atoms with van der Waals surface area (Å²) in [6.07, 6.45) is -2.38. The Morgan fingerprint density at radius 1 is 1.35 bits per heavy atom. The van der Waals surface area contributed by atoms with E-state index in [9.17, 15) is 13.2 Å². The Hall–Kier alpha value is -1.70. The third-order valence-electron chi connectivity index (χ3n) is 3.82. The molecule has 0 radical (unpaired) electrons. The van der Waals surface area contributed by atoms with Crippen molar-refractivity contribution in [3.8, 4) is 6.07 Å². The van der Waals surface area contributed by atoms with Crippen molar-refractivity contribution in [2.75, 3.05) is 11.4 Å². The van der Waals surface area contributed by atoms with Gasteiger partial charge in [-0.3, -0.25) is 0 Å². The lowest BCUT2D eigenvalue weighted by Gasteiger charge is -2.30. The molecule has 1 atom stereocenters. The van der Waals surface area contributed by atoms with E-state index < -0.39 is 11.7 Å². The second-order valence-electron chi connectivity index (χ2n) is 5.49. The van der Waals surface area contributed by atoms with E-state index in [1.54, 1.807) is 0 Å². The Balaban J connectivity index is 2.40. The molecule has 0 bridgehead atoms. The van der Waals surface area contributed by atoms with Crippen LogP contribution in [0.1, 0.15) is 37.8 Å². The Morgan fingerprint density at radius 3 is 2.60 bits per heavy atom. The van der Waals surface area contributed by atoms with Crippen LogP contribution in [0.3, 0.4) is 0 Å². The van der Waals surface area contributed by atoms with Gasteiger partial charge in [0.25, 0.3) is 0 Å². The number of hydrogen-bond acceptors (Lipinski definition) is 2. The van der Waals surface area contributed by atoms with Crippen LogP contribution in [0.4, 0.5) is 18.9 Å². The molecule has 2 rings (SSSR count). The van der Waals surface area contributed by atoms with E-state index in [0.717, 1.165) is 31.5 Å². The van der Waals surface area contributed by atoms with Crippen molar-refractivity contribution in [2.45, 2.75) is 38.9 Å². The average Bonchev–Trinajstić information content (AvgIpc) is 2.86. The third kappa shape index (κ3) is 2.74. The molecular formula is C15H17F3N2. The molecule has 1 heterocycles. The molecule has 1 saturated heterocycles. The summed E-state index contributed by atoms with van der Waals surface area (Å²) in [6, 6.07) is 5.64. The minimum absolute atomic E-state index is 0.104. The van der Waals surface area contributed by atoms with Crippen LogP contribution >= 0.6 is 0 Å². The van der Waals surface area contributed by atoms with E-state index in [1.807, 2.05) is 6.07 Å². The average molecular weight is 282 g/mol. The van der Waals surface area contributed by atoms with Crippen molar-refractivity contribution in [1.82, 2.24) is 0 Å². The number of hydrogen-bond donors (Lipinski definition) is 0. The number of nitriles is 1. The summed E-state index contributed by atoms with van der Waals surface area (Å²) in [7, 11) is 0. The maximum absolute atomic E-state index is 12.7. The van der Waals surface area contributed by atoms with Crippen LogP contribution in [-0.4, -0.2) is 12.6 Å². The van der Waals surface area contributed by atoms with E-state index >= 15 is 0 Å². The number of nitrogens with zero attached hydrogens (tertiary/aromatic N) is 2. The highest BCUT2D eigenvalue weighted by molar-refractivity contribution is 5.62. The Bertz CT molecular complexity index is 529. The second kappa shape index (κ2) is 5.35. The smallest absolute Gasteiger partial charge is 0.367 e. The van der Waals surface area contributed by atoms with Gasteiger partial charge < -0.3 is 4.90 Å². The van der Waals surface area contributed by atoms with Crippen LogP contribution in [0.15, 0.2) is 18.2 Å². The van der Waals surface area contributed by atoms with Crippen molar-refractivity contribution >= 4 is 5.69 Å². The molecule has 1 fully saturated rings. The molecule has 1 aliphatic rings. The molecule has 108 valence electrons. The second-order valence-corrected chi connectivity index (χ2v) is 5.49. The summed E-state index contributed by atoms with van der Waals surface area (Å²) >= 11 is 0. The summed E-state index contributed by atoms with van der Waals surface area (Å²) in [5.41, 5.74) is -0.0397. The topological polar surface area (TPSA) is 27.0 Å².